The van der Waals surface area contributed by atoms with Crippen molar-refractivity contribution in [3.63, 3.8) is 0 Å². The van der Waals surface area contributed by atoms with Crippen molar-refractivity contribution in [2.75, 3.05) is 7.11 Å². The number of aryl methyl sites for hydroxylation is 2. The Hall–Kier alpha value is -2.85. The number of hydrazone groups is 1. The SMILES string of the molecule is COc1ccc(C=NNC(=O)c2sccc2C)cc1CSc1nc(C)cc(C(F)F)n1. The number of nitrogens with one attached hydrogen (secondary N) is 1. The third-order valence-corrected chi connectivity index (χ3v) is 6.10. The molecule has 3 rings (SSSR count). The van der Waals surface area contributed by atoms with Crippen molar-refractivity contribution in [2.24, 2.45) is 5.10 Å². The number of rotatable bonds is 8. The van der Waals surface area contributed by atoms with Gasteiger partial charge in [0, 0.05) is 17.0 Å². The minimum Gasteiger partial charge on any atom is -0.496 e. The number of thiophene rings is 1. The molecule has 0 spiro atoms. The van der Waals surface area contributed by atoms with Gasteiger partial charge in [-0.1, -0.05) is 11.8 Å². The monoisotopic (exact) mass is 462 g/mol. The quantitative estimate of drug-likeness (QED) is 0.217. The molecule has 162 valence electrons. The molecule has 0 aliphatic rings. The highest BCUT2D eigenvalue weighted by molar-refractivity contribution is 7.98. The summed E-state index contributed by atoms with van der Waals surface area (Å²) in [6.45, 7) is 3.52. The van der Waals surface area contributed by atoms with Crippen molar-refractivity contribution in [1.82, 2.24) is 15.4 Å². The third-order valence-electron chi connectivity index (χ3n) is 4.19. The minimum atomic E-state index is -2.65. The summed E-state index contributed by atoms with van der Waals surface area (Å²) in [7, 11) is 1.55. The lowest BCUT2D eigenvalue weighted by molar-refractivity contribution is 0.0958. The van der Waals surface area contributed by atoms with E-state index in [9.17, 15) is 13.6 Å². The zero-order valence-electron chi connectivity index (χ0n) is 17.1. The van der Waals surface area contributed by atoms with Crippen LogP contribution in [0.25, 0.3) is 0 Å². The van der Waals surface area contributed by atoms with Gasteiger partial charge in [-0.15, -0.1) is 11.3 Å². The van der Waals surface area contributed by atoms with Crippen LogP contribution in [0.5, 0.6) is 5.75 Å². The lowest BCUT2D eigenvalue weighted by Gasteiger charge is -2.10. The number of hydrogen-bond donors (Lipinski definition) is 1. The van der Waals surface area contributed by atoms with Gasteiger partial charge in [-0.3, -0.25) is 4.79 Å². The second-order valence-electron chi connectivity index (χ2n) is 6.51. The summed E-state index contributed by atoms with van der Waals surface area (Å²) in [6, 6.07) is 8.58. The maximum atomic E-state index is 13.0. The first-order chi connectivity index (χ1) is 14.9. The summed E-state index contributed by atoms with van der Waals surface area (Å²) >= 11 is 2.59. The number of nitrogens with zero attached hydrogens (tertiary/aromatic N) is 3. The van der Waals surface area contributed by atoms with Crippen molar-refractivity contribution >= 4 is 35.2 Å². The van der Waals surface area contributed by atoms with E-state index in [2.05, 4.69) is 20.5 Å². The van der Waals surface area contributed by atoms with Gasteiger partial charge in [0.25, 0.3) is 12.3 Å². The standard InChI is InChI=1S/C21H20F2N4O2S2/c1-12-6-7-30-18(12)20(28)27-24-10-14-4-5-17(29-3)15(9-14)11-31-21-25-13(2)8-16(26-21)19(22)23/h4-10,19H,11H2,1-3H3,(H,27,28). The maximum Gasteiger partial charge on any atom is 0.281 e. The van der Waals surface area contributed by atoms with Crippen LogP contribution in [0.2, 0.25) is 0 Å². The van der Waals surface area contributed by atoms with Gasteiger partial charge in [0.15, 0.2) is 5.16 Å². The van der Waals surface area contributed by atoms with Crippen LogP contribution in [-0.2, 0) is 5.75 Å². The highest BCUT2D eigenvalue weighted by Gasteiger charge is 2.13. The van der Waals surface area contributed by atoms with Crippen molar-refractivity contribution in [1.29, 1.82) is 0 Å². The van der Waals surface area contributed by atoms with Crippen LogP contribution >= 0.6 is 23.1 Å². The van der Waals surface area contributed by atoms with E-state index >= 15 is 0 Å². The number of ether oxygens (including phenoxy) is 1. The third kappa shape index (κ3) is 6.08. The molecule has 0 bridgehead atoms. The van der Waals surface area contributed by atoms with Gasteiger partial charge in [-0.25, -0.2) is 24.2 Å². The number of benzene rings is 1. The molecule has 2 aromatic heterocycles. The van der Waals surface area contributed by atoms with Gasteiger partial charge in [0.2, 0.25) is 0 Å². The fourth-order valence-electron chi connectivity index (χ4n) is 2.70. The van der Waals surface area contributed by atoms with E-state index in [0.717, 1.165) is 16.7 Å². The van der Waals surface area contributed by atoms with Crippen molar-refractivity contribution in [3.05, 3.63) is 68.7 Å². The average molecular weight is 463 g/mol. The molecule has 0 fully saturated rings. The molecule has 0 saturated heterocycles. The Labute approximate surface area is 186 Å². The van der Waals surface area contributed by atoms with Gasteiger partial charge in [-0.05, 0) is 60.7 Å². The molecule has 0 saturated carbocycles. The van der Waals surface area contributed by atoms with E-state index in [0.29, 0.717) is 22.1 Å². The molecule has 0 radical (unpaired) electrons. The van der Waals surface area contributed by atoms with E-state index < -0.39 is 6.43 Å². The van der Waals surface area contributed by atoms with Gasteiger partial charge in [-0.2, -0.15) is 5.10 Å². The van der Waals surface area contributed by atoms with E-state index in [1.165, 1.54) is 35.4 Å². The van der Waals surface area contributed by atoms with E-state index in [1.54, 1.807) is 26.2 Å². The molecular weight excluding hydrogens is 442 g/mol. The molecule has 0 atom stereocenters. The number of halogens is 2. The number of alkyl halides is 2. The summed E-state index contributed by atoms with van der Waals surface area (Å²) < 4.78 is 31.4. The van der Waals surface area contributed by atoms with Crippen LogP contribution in [0.1, 0.15) is 44.2 Å². The number of hydrogen-bond acceptors (Lipinski definition) is 7. The maximum absolute atomic E-state index is 13.0. The lowest BCUT2D eigenvalue weighted by atomic mass is 10.1. The van der Waals surface area contributed by atoms with Crippen LogP contribution in [0.15, 0.2) is 46.0 Å². The predicted octanol–water partition coefficient (Wildman–Crippen LogP) is 5.16. The number of carbonyl (C=O) groups excluding carboxylic acids is 1. The molecule has 0 aliphatic carbocycles. The van der Waals surface area contributed by atoms with Crippen molar-refractivity contribution < 1.29 is 18.3 Å². The highest BCUT2D eigenvalue weighted by atomic mass is 32.2. The first kappa shape index (κ1) is 22.8. The normalized spacial score (nSPS) is 11.3. The first-order valence-corrected chi connectivity index (χ1v) is 11.0. The fraction of sp³-hybridized carbons (Fsp3) is 0.238. The van der Waals surface area contributed by atoms with Crippen LogP contribution in [-0.4, -0.2) is 29.2 Å². The molecule has 0 aliphatic heterocycles. The first-order valence-electron chi connectivity index (χ1n) is 9.18. The van der Waals surface area contributed by atoms with Gasteiger partial charge >= 0.3 is 0 Å². The number of amides is 1. The molecule has 1 amide bonds. The second kappa shape index (κ2) is 10.5. The second-order valence-corrected chi connectivity index (χ2v) is 8.37. The zero-order chi connectivity index (χ0) is 22.4. The van der Waals surface area contributed by atoms with E-state index in [4.69, 9.17) is 4.74 Å². The minimum absolute atomic E-state index is 0.264. The number of methoxy groups -OCH3 is 1. The molecule has 31 heavy (non-hydrogen) atoms. The largest absolute Gasteiger partial charge is 0.496 e. The Morgan fingerprint density at radius 1 is 1.29 bits per heavy atom. The van der Waals surface area contributed by atoms with Crippen LogP contribution < -0.4 is 10.2 Å². The van der Waals surface area contributed by atoms with Crippen LogP contribution in [0.3, 0.4) is 0 Å². The van der Waals surface area contributed by atoms with E-state index in [1.807, 2.05) is 24.4 Å². The Bertz CT molecular complexity index is 1100. The summed E-state index contributed by atoms with van der Waals surface area (Å²) in [5.41, 5.74) is 5.17. The van der Waals surface area contributed by atoms with Crippen LogP contribution in [0.4, 0.5) is 8.78 Å². The number of aromatic nitrogens is 2. The summed E-state index contributed by atoms with van der Waals surface area (Å²) in [5.74, 6) is 0.793. The summed E-state index contributed by atoms with van der Waals surface area (Å²) in [5, 5.41) is 6.15. The Balaban J connectivity index is 1.70. The molecular formula is C21H20F2N4O2S2. The zero-order valence-corrected chi connectivity index (χ0v) is 18.7. The molecule has 6 nitrogen and oxygen atoms in total. The van der Waals surface area contributed by atoms with E-state index in [-0.39, 0.29) is 16.8 Å². The van der Waals surface area contributed by atoms with Crippen molar-refractivity contribution in [3.8, 4) is 5.75 Å². The predicted molar refractivity (Wildman–Crippen MR) is 118 cm³/mol. The van der Waals surface area contributed by atoms with Crippen molar-refractivity contribution in [2.45, 2.75) is 31.2 Å². The molecule has 3 aromatic rings. The number of thioether (sulfide) groups is 1. The number of carbonyl (C=O) groups is 1. The van der Waals surface area contributed by atoms with Gasteiger partial charge in [0.1, 0.15) is 11.4 Å². The highest BCUT2D eigenvalue weighted by Crippen LogP contribution is 2.28. The molecule has 0 unspecified atom stereocenters. The topological polar surface area (TPSA) is 76.5 Å². The molecule has 10 heteroatoms. The summed E-state index contributed by atoms with van der Waals surface area (Å²) in [4.78, 5) is 20.9. The Morgan fingerprint density at radius 3 is 2.77 bits per heavy atom. The Morgan fingerprint density at radius 2 is 2.10 bits per heavy atom. The molecule has 1 N–H and O–H groups in total. The van der Waals surface area contributed by atoms with Crippen LogP contribution in [0, 0.1) is 13.8 Å². The Kier molecular flexibility index (Phi) is 7.69. The average Bonchev–Trinajstić information content (AvgIpc) is 3.18. The van der Waals surface area contributed by atoms with Gasteiger partial charge < -0.3 is 4.74 Å². The smallest absolute Gasteiger partial charge is 0.281 e. The molecule has 1 aromatic carbocycles. The fourth-order valence-corrected chi connectivity index (χ4v) is 4.40. The summed E-state index contributed by atoms with van der Waals surface area (Å²) in [6.07, 6.45) is -1.12. The van der Waals surface area contributed by atoms with Gasteiger partial charge in [0.05, 0.1) is 18.2 Å². The lowest BCUT2D eigenvalue weighted by Crippen LogP contribution is -2.17. The molecule has 2 heterocycles.